The summed E-state index contributed by atoms with van der Waals surface area (Å²) in [6.45, 7) is 10.5. The van der Waals surface area contributed by atoms with Gasteiger partial charge in [-0.05, 0) is 67.5 Å². The number of fused-ring (bicyclic) bond motifs is 1. The van der Waals surface area contributed by atoms with Crippen molar-refractivity contribution in [2.45, 2.75) is 70.3 Å². The van der Waals surface area contributed by atoms with Gasteiger partial charge >= 0.3 is 0 Å². The van der Waals surface area contributed by atoms with Crippen LogP contribution in [0.3, 0.4) is 0 Å². The van der Waals surface area contributed by atoms with Gasteiger partial charge in [0.05, 0.1) is 17.5 Å². The van der Waals surface area contributed by atoms with Crippen LogP contribution in [0, 0.1) is 23.2 Å². The Bertz CT molecular complexity index is 1500. The lowest BCUT2D eigenvalue weighted by Gasteiger charge is -2.45. The molecule has 3 aromatic rings. The molecule has 2 fully saturated rings. The van der Waals surface area contributed by atoms with Gasteiger partial charge in [-0.1, -0.05) is 32.9 Å². The van der Waals surface area contributed by atoms with Crippen LogP contribution in [0.4, 0.5) is 11.4 Å². The first kappa shape index (κ1) is 27.4. The summed E-state index contributed by atoms with van der Waals surface area (Å²) in [6.07, 6.45) is 6.43. The molecule has 1 amide bonds. The van der Waals surface area contributed by atoms with E-state index in [1.54, 1.807) is 6.33 Å². The third kappa shape index (κ3) is 5.33. The topological polar surface area (TPSA) is 112 Å². The highest BCUT2D eigenvalue weighted by molar-refractivity contribution is 6.03. The molecular weight excluding hydrogens is 512 g/mol. The number of benzene rings is 1. The number of aromatic nitrogens is 4. The summed E-state index contributed by atoms with van der Waals surface area (Å²) in [5.41, 5.74) is 5.15. The first-order chi connectivity index (χ1) is 19.7. The molecule has 1 saturated heterocycles. The van der Waals surface area contributed by atoms with Gasteiger partial charge in [-0.3, -0.25) is 9.69 Å². The van der Waals surface area contributed by atoms with Crippen LogP contribution in [-0.4, -0.2) is 50.2 Å². The standard InChI is InChI=1S/C32H40N8O/c1-21-7-6-10-40(17-21)18-23-11-26(37-29-28(23)34-19-31(29,2)3)30(41)36-25-9-5-8-24(12-25)32(13-22(14-32)16-33)15-27-38-35-20-39(27)4/h5,8-9,11-12,20-22,34H,6-7,10,13-15,17-19H2,1-4H3,(H,36,41)/t21-,22?,32?/m0/s1. The molecule has 1 saturated carbocycles. The van der Waals surface area contributed by atoms with Crippen LogP contribution in [-0.2, 0) is 30.8 Å². The van der Waals surface area contributed by atoms with Crippen LogP contribution >= 0.6 is 0 Å². The molecule has 3 aliphatic rings. The number of amides is 1. The molecule has 2 aromatic heterocycles. The van der Waals surface area contributed by atoms with Gasteiger partial charge in [0, 0.05) is 55.5 Å². The number of hydrogen-bond acceptors (Lipinski definition) is 7. The summed E-state index contributed by atoms with van der Waals surface area (Å²) >= 11 is 0. The molecule has 2 aliphatic heterocycles. The van der Waals surface area contributed by atoms with Gasteiger partial charge in [0.2, 0.25) is 0 Å². The molecule has 0 unspecified atom stereocenters. The number of hydrogen-bond donors (Lipinski definition) is 2. The number of nitrogens with zero attached hydrogens (tertiary/aromatic N) is 6. The lowest BCUT2D eigenvalue weighted by Crippen LogP contribution is -2.43. The van der Waals surface area contributed by atoms with Crippen LogP contribution < -0.4 is 10.6 Å². The zero-order valence-electron chi connectivity index (χ0n) is 24.6. The number of nitriles is 1. The smallest absolute Gasteiger partial charge is 0.274 e. The van der Waals surface area contributed by atoms with Crippen molar-refractivity contribution in [3.05, 3.63) is 65.0 Å². The summed E-state index contributed by atoms with van der Waals surface area (Å²) in [5, 5.41) is 24.6. The van der Waals surface area contributed by atoms with Gasteiger partial charge in [0.1, 0.15) is 17.8 Å². The van der Waals surface area contributed by atoms with E-state index in [1.807, 2.05) is 29.8 Å². The van der Waals surface area contributed by atoms with Crippen molar-refractivity contribution in [1.82, 2.24) is 24.6 Å². The van der Waals surface area contributed by atoms with E-state index in [1.165, 1.54) is 12.8 Å². The first-order valence-electron chi connectivity index (χ1n) is 14.8. The summed E-state index contributed by atoms with van der Waals surface area (Å²) in [7, 11) is 1.95. The third-order valence-electron chi connectivity index (χ3n) is 9.31. The van der Waals surface area contributed by atoms with Crippen molar-refractivity contribution < 1.29 is 4.79 Å². The third-order valence-corrected chi connectivity index (χ3v) is 9.31. The van der Waals surface area contributed by atoms with Crippen LogP contribution in [0.1, 0.15) is 79.6 Å². The zero-order chi connectivity index (χ0) is 28.8. The van der Waals surface area contributed by atoms with Crippen molar-refractivity contribution in [1.29, 1.82) is 5.26 Å². The first-order valence-corrected chi connectivity index (χ1v) is 14.8. The van der Waals surface area contributed by atoms with E-state index in [9.17, 15) is 10.1 Å². The van der Waals surface area contributed by atoms with E-state index in [0.29, 0.717) is 18.0 Å². The van der Waals surface area contributed by atoms with Gasteiger partial charge in [-0.2, -0.15) is 5.26 Å². The highest BCUT2D eigenvalue weighted by Crippen LogP contribution is 2.50. The van der Waals surface area contributed by atoms with Crippen LogP contribution in [0.2, 0.25) is 0 Å². The number of anilines is 2. The van der Waals surface area contributed by atoms with Gasteiger partial charge in [0.15, 0.2) is 0 Å². The van der Waals surface area contributed by atoms with E-state index in [2.05, 4.69) is 64.7 Å². The predicted octanol–water partition coefficient (Wildman–Crippen LogP) is 4.81. The molecule has 9 heteroatoms. The Labute approximate surface area is 242 Å². The van der Waals surface area contributed by atoms with Gasteiger partial charge < -0.3 is 15.2 Å². The van der Waals surface area contributed by atoms with E-state index >= 15 is 0 Å². The van der Waals surface area contributed by atoms with E-state index in [0.717, 1.165) is 73.0 Å². The Morgan fingerprint density at radius 1 is 1.27 bits per heavy atom. The minimum Gasteiger partial charge on any atom is -0.382 e. The molecule has 9 nitrogen and oxygen atoms in total. The number of piperidine rings is 1. The summed E-state index contributed by atoms with van der Waals surface area (Å²) in [5.74, 6) is 1.40. The zero-order valence-corrected chi connectivity index (χ0v) is 24.6. The highest BCUT2D eigenvalue weighted by Gasteiger charge is 2.46. The second-order valence-electron chi connectivity index (χ2n) is 13.2. The van der Waals surface area contributed by atoms with Crippen LogP contribution in [0.5, 0.6) is 0 Å². The number of rotatable bonds is 7. The maximum atomic E-state index is 13.7. The van der Waals surface area contributed by atoms with Crippen molar-refractivity contribution in [2.75, 3.05) is 30.3 Å². The van der Waals surface area contributed by atoms with E-state index < -0.39 is 0 Å². The molecule has 6 rings (SSSR count). The fourth-order valence-electron chi connectivity index (χ4n) is 6.94. The maximum Gasteiger partial charge on any atom is 0.274 e. The molecule has 0 spiro atoms. The highest BCUT2D eigenvalue weighted by atomic mass is 16.1. The van der Waals surface area contributed by atoms with E-state index in [4.69, 9.17) is 4.98 Å². The fraction of sp³-hybridized carbons (Fsp3) is 0.531. The number of likely N-dealkylation sites (tertiary alicyclic amines) is 1. The Kier molecular flexibility index (Phi) is 7.06. The molecule has 4 heterocycles. The Hall–Kier alpha value is -3.77. The Balaban J connectivity index is 1.26. The lowest BCUT2D eigenvalue weighted by atomic mass is 9.57. The second kappa shape index (κ2) is 10.6. The van der Waals surface area contributed by atoms with Crippen molar-refractivity contribution >= 4 is 17.3 Å². The molecule has 2 N–H and O–H groups in total. The maximum absolute atomic E-state index is 13.7. The Morgan fingerprint density at radius 3 is 2.83 bits per heavy atom. The molecule has 1 aliphatic carbocycles. The van der Waals surface area contributed by atoms with Crippen LogP contribution in [0.15, 0.2) is 36.7 Å². The number of nitrogens with one attached hydrogen (secondary N) is 2. The van der Waals surface area contributed by atoms with Crippen LogP contribution in [0.25, 0.3) is 0 Å². The average molecular weight is 553 g/mol. The summed E-state index contributed by atoms with van der Waals surface area (Å²) < 4.78 is 1.94. The molecule has 1 atom stereocenters. The number of pyridine rings is 1. The van der Waals surface area contributed by atoms with Gasteiger partial charge in [-0.15, -0.1) is 10.2 Å². The number of aryl methyl sites for hydroxylation is 1. The second-order valence-corrected chi connectivity index (χ2v) is 13.2. The van der Waals surface area contributed by atoms with Gasteiger partial charge in [-0.25, -0.2) is 4.98 Å². The number of carbonyl (C=O) groups excluding carboxylic acids is 1. The minimum atomic E-state index is -0.206. The molecule has 41 heavy (non-hydrogen) atoms. The van der Waals surface area contributed by atoms with Crippen molar-refractivity contribution in [3.63, 3.8) is 0 Å². The fourth-order valence-corrected chi connectivity index (χ4v) is 6.94. The van der Waals surface area contributed by atoms with Crippen molar-refractivity contribution in [2.24, 2.45) is 18.9 Å². The van der Waals surface area contributed by atoms with Gasteiger partial charge in [0.25, 0.3) is 5.91 Å². The Morgan fingerprint density at radius 2 is 2.10 bits per heavy atom. The average Bonchev–Trinajstić information content (AvgIpc) is 3.47. The largest absolute Gasteiger partial charge is 0.382 e. The minimum absolute atomic E-state index is 0.0235. The summed E-state index contributed by atoms with van der Waals surface area (Å²) in [4.78, 5) is 21.1. The monoisotopic (exact) mass is 552 g/mol. The molecular formula is C32H40N8O. The quantitative estimate of drug-likeness (QED) is 0.433. The number of carbonyl (C=O) groups is 1. The SMILES string of the molecule is C[C@H]1CCCN(Cc2cc(C(=O)Nc3cccc(C4(Cc5nncn5C)CC(C#N)C4)c3)nc3c2NCC3(C)C)C1. The lowest BCUT2D eigenvalue weighted by molar-refractivity contribution is 0.102. The molecule has 1 aromatic carbocycles. The van der Waals surface area contributed by atoms with Crippen molar-refractivity contribution in [3.8, 4) is 6.07 Å². The normalized spacial score (nSPS) is 25.0. The van der Waals surface area contributed by atoms with E-state index in [-0.39, 0.29) is 22.7 Å². The molecule has 0 bridgehead atoms. The molecule has 214 valence electrons. The predicted molar refractivity (Wildman–Crippen MR) is 159 cm³/mol. The molecule has 0 radical (unpaired) electrons. The summed E-state index contributed by atoms with van der Waals surface area (Å²) in [6, 6.07) is 12.5.